The van der Waals surface area contributed by atoms with Gasteiger partial charge in [-0.3, -0.25) is 4.79 Å². The van der Waals surface area contributed by atoms with Crippen LogP contribution in [0.1, 0.15) is 71.3 Å². The molecule has 0 unspecified atom stereocenters. The maximum absolute atomic E-state index is 13.4. The Kier molecular flexibility index (Phi) is 7.27. The van der Waals surface area contributed by atoms with Crippen molar-refractivity contribution in [2.24, 2.45) is 0 Å². The molecule has 11 heteroatoms. The summed E-state index contributed by atoms with van der Waals surface area (Å²) < 4.78 is 8.86. The van der Waals surface area contributed by atoms with Crippen LogP contribution in [0.5, 0.6) is 0 Å². The van der Waals surface area contributed by atoms with Gasteiger partial charge in [-0.15, -0.1) is 0 Å². The monoisotopic (exact) mass is 568 g/mol. The number of hydrogen-bond donors (Lipinski definition) is 1. The molecule has 218 valence electrons. The zero-order chi connectivity index (χ0) is 30.4. The molecule has 1 amide bonds. The number of nitrogens with zero attached hydrogens (tertiary/aromatic N) is 7. The van der Waals surface area contributed by atoms with Crippen LogP contribution in [0, 0.1) is 11.3 Å². The molecule has 0 radical (unpaired) electrons. The fourth-order valence-electron chi connectivity index (χ4n) is 4.94. The summed E-state index contributed by atoms with van der Waals surface area (Å²) in [6.07, 6.45) is 1.93. The minimum atomic E-state index is -0.810. The number of aromatic nitrogens is 5. The van der Waals surface area contributed by atoms with Gasteiger partial charge in [0.1, 0.15) is 11.0 Å². The topological polar surface area (TPSA) is 131 Å². The van der Waals surface area contributed by atoms with Gasteiger partial charge in [0.15, 0.2) is 11.5 Å². The number of pyridine rings is 1. The summed E-state index contributed by atoms with van der Waals surface area (Å²) in [5, 5.41) is 13.3. The van der Waals surface area contributed by atoms with E-state index in [9.17, 15) is 14.9 Å². The number of carbonyl (C=O) groups is 1. The third-order valence-electron chi connectivity index (χ3n) is 7.11. The molecule has 0 fully saturated rings. The molecular formula is C31H36N8O3. The van der Waals surface area contributed by atoms with Crippen LogP contribution in [0.3, 0.4) is 0 Å². The van der Waals surface area contributed by atoms with Crippen LogP contribution >= 0.6 is 0 Å². The molecule has 1 aliphatic heterocycles. The van der Waals surface area contributed by atoms with Crippen molar-refractivity contribution in [3.8, 4) is 11.9 Å². The van der Waals surface area contributed by atoms with Crippen molar-refractivity contribution in [2.45, 2.75) is 78.5 Å². The van der Waals surface area contributed by atoms with Crippen LogP contribution in [-0.4, -0.2) is 47.5 Å². The lowest BCUT2D eigenvalue weighted by Gasteiger charge is -2.31. The molecule has 1 N–H and O–H groups in total. The molecule has 3 aromatic heterocycles. The second kappa shape index (κ2) is 10.6. The second-order valence-corrected chi connectivity index (χ2v) is 12.4. The van der Waals surface area contributed by atoms with E-state index in [1.54, 1.807) is 40.2 Å². The molecule has 1 aliphatic rings. The van der Waals surface area contributed by atoms with E-state index < -0.39 is 11.0 Å². The van der Waals surface area contributed by atoms with E-state index in [-0.39, 0.29) is 17.7 Å². The predicted molar refractivity (Wildman–Crippen MR) is 160 cm³/mol. The van der Waals surface area contributed by atoms with Crippen LogP contribution in [0.25, 0.3) is 16.9 Å². The fraction of sp³-hybridized carbons (Fsp3) is 0.419. The van der Waals surface area contributed by atoms with Crippen LogP contribution in [0.4, 0.5) is 16.4 Å². The van der Waals surface area contributed by atoms with Crippen molar-refractivity contribution in [1.29, 1.82) is 5.26 Å². The first-order valence-corrected chi connectivity index (χ1v) is 14.0. The average molecular weight is 569 g/mol. The van der Waals surface area contributed by atoms with Gasteiger partial charge in [0, 0.05) is 31.0 Å². The van der Waals surface area contributed by atoms with Crippen LogP contribution < -0.4 is 10.9 Å². The Morgan fingerprint density at radius 2 is 1.86 bits per heavy atom. The Balaban J connectivity index is 1.51. The molecule has 0 saturated carbocycles. The number of hydrogen-bond acceptors (Lipinski definition) is 8. The van der Waals surface area contributed by atoms with Gasteiger partial charge < -0.3 is 15.0 Å². The molecule has 0 atom stereocenters. The lowest BCUT2D eigenvalue weighted by Crippen LogP contribution is -2.39. The number of amides is 1. The quantitative estimate of drug-likeness (QED) is 0.339. The maximum atomic E-state index is 13.4. The Morgan fingerprint density at radius 3 is 2.55 bits per heavy atom. The van der Waals surface area contributed by atoms with E-state index >= 15 is 0 Å². The van der Waals surface area contributed by atoms with E-state index in [0.717, 1.165) is 17.7 Å². The Hall–Kier alpha value is -4.72. The van der Waals surface area contributed by atoms with Crippen molar-refractivity contribution in [3.05, 3.63) is 69.8 Å². The number of carbonyl (C=O) groups excluding carboxylic acids is 1. The highest BCUT2D eigenvalue weighted by atomic mass is 16.6. The zero-order valence-corrected chi connectivity index (χ0v) is 25.1. The number of anilines is 2. The molecule has 4 heterocycles. The van der Waals surface area contributed by atoms with Crippen molar-refractivity contribution in [2.75, 3.05) is 11.9 Å². The van der Waals surface area contributed by atoms with Gasteiger partial charge in [-0.05, 0) is 90.3 Å². The number of benzene rings is 1. The summed E-state index contributed by atoms with van der Waals surface area (Å²) in [6.45, 7) is 14.1. The highest BCUT2D eigenvalue weighted by Crippen LogP contribution is 2.27. The van der Waals surface area contributed by atoms with Crippen molar-refractivity contribution < 1.29 is 9.53 Å². The van der Waals surface area contributed by atoms with Crippen molar-refractivity contribution in [3.63, 3.8) is 0 Å². The van der Waals surface area contributed by atoms with E-state index in [2.05, 4.69) is 16.4 Å². The van der Waals surface area contributed by atoms with E-state index in [1.807, 2.05) is 58.9 Å². The first kappa shape index (κ1) is 28.8. The Labute approximate surface area is 244 Å². The molecule has 0 spiro atoms. The normalized spacial score (nSPS) is 13.6. The fourth-order valence-corrected chi connectivity index (χ4v) is 4.94. The van der Waals surface area contributed by atoms with Crippen LogP contribution in [0.2, 0.25) is 0 Å². The van der Waals surface area contributed by atoms with Gasteiger partial charge in [-0.2, -0.15) is 10.2 Å². The first-order chi connectivity index (χ1) is 19.8. The first-order valence-electron chi connectivity index (χ1n) is 14.0. The van der Waals surface area contributed by atoms with E-state index in [0.29, 0.717) is 41.6 Å². The molecule has 0 aliphatic carbocycles. The SMILES string of the molecule is CC(C)n1c(=O)c2cnc(Nc3ccc4c(c3)CN(C(=O)OC(C)(C)C)CC4)nc2n1-c1cccc(C(C)(C)C#N)n1. The number of nitrogens with one attached hydrogen (secondary N) is 1. The van der Waals surface area contributed by atoms with E-state index in [1.165, 1.54) is 11.8 Å². The summed E-state index contributed by atoms with van der Waals surface area (Å²) in [4.78, 5) is 41.7. The van der Waals surface area contributed by atoms with Crippen LogP contribution in [0.15, 0.2) is 47.4 Å². The number of nitriles is 1. The standard InChI is InChI=1S/C31H36N8O3/c1-19(2)38-27(40)23-16-33-28(36-26(23)39(38)25-10-8-9-24(35-25)31(6,7)18-32)34-22-12-11-20-13-14-37(17-21(20)15-22)29(41)42-30(3,4)5/h8-12,15-16,19H,13-14,17H2,1-7H3,(H,33,34,36). The van der Waals surface area contributed by atoms with E-state index in [4.69, 9.17) is 14.7 Å². The molecule has 5 rings (SSSR count). The second-order valence-electron chi connectivity index (χ2n) is 12.4. The highest BCUT2D eigenvalue weighted by Gasteiger charge is 2.27. The molecule has 1 aromatic carbocycles. The maximum Gasteiger partial charge on any atom is 0.410 e. The van der Waals surface area contributed by atoms with Gasteiger partial charge >= 0.3 is 6.09 Å². The van der Waals surface area contributed by atoms with Gasteiger partial charge in [0.2, 0.25) is 5.95 Å². The minimum Gasteiger partial charge on any atom is -0.444 e. The lowest BCUT2D eigenvalue weighted by molar-refractivity contribution is 0.0224. The Bertz CT molecular complexity index is 1770. The number of rotatable bonds is 5. The molecule has 42 heavy (non-hydrogen) atoms. The van der Waals surface area contributed by atoms with Gasteiger partial charge in [-0.1, -0.05) is 12.1 Å². The minimum absolute atomic E-state index is 0.189. The van der Waals surface area contributed by atoms with Crippen LogP contribution in [-0.2, 0) is 23.1 Å². The predicted octanol–water partition coefficient (Wildman–Crippen LogP) is 5.40. The highest BCUT2D eigenvalue weighted by molar-refractivity contribution is 5.77. The van der Waals surface area contributed by atoms with Crippen molar-refractivity contribution in [1.82, 2.24) is 29.2 Å². The molecule has 0 saturated heterocycles. The molecular weight excluding hydrogens is 532 g/mol. The summed E-state index contributed by atoms with van der Waals surface area (Å²) in [6, 6.07) is 13.5. The summed E-state index contributed by atoms with van der Waals surface area (Å²) in [5.74, 6) is 0.794. The Morgan fingerprint density at radius 1 is 1.10 bits per heavy atom. The third kappa shape index (κ3) is 5.57. The molecule has 0 bridgehead atoms. The van der Waals surface area contributed by atoms with Crippen molar-refractivity contribution >= 4 is 28.8 Å². The zero-order valence-electron chi connectivity index (χ0n) is 25.1. The number of ether oxygens (including phenoxy) is 1. The van der Waals surface area contributed by atoms with Gasteiger partial charge in [0.05, 0.1) is 17.2 Å². The summed E-state index contributed by atoms with van der Waals surface area (Å²) in [7, 11) is 0. The van der Waals surface area contributed by atoms with Gasteiger partial charge in [0.25, 0.3) is 5.56 Å². The average Bonchev–Trinajstić information content (AvgIpc) is 3.23. The largest absolute Gasteiger partial charge is 0.444 e. The summed E-state index contributed by atoms with van der Waals surface area (Å²) >= 11 is 0. The molecule has 11 nitrogen and oxygen atoms in total. The smallest absolute Gasteiger partial charge is 0.410 e. The lowest BCUT2D eigenvalue weighted by atomic mass is 9.91. The number of fused-ring (bicyclic) bond motifs is 2. The summed E-state index contributed by atoms with van der Waals surface area (Å²) in [5.41, 5.74) is 2.34. The molecule has 4 aromatic rings. The van der Waals surface area contributed by atoms with Gasteiger partial charge in [-0.25, -0.2) is 24.1 Å². The third-order valence-corrected chi connectivity index (χ3v) is 7.11.